The maximum atomic E-state index is 5.73. The summed E-state index contributed by atoms with van der Waals surface area (Å²) in [6.07, 6.45) is 3.72. The first kappa shape index (κ1) is 23.8. The molecule has 4 rings (SSSR count). The van der Waals surface area contributed by atoms with Crippen LogP contribution in [0, 0.1) is 0 Å². The molecule has 1 saturated heterocycles. The van der Waals surface area contributed by atoms with Crippen LogP contribution >= 0.6 is 0 Å². The summed E-state index contributed by atoms with van der Waals surface area (Å²) in [5.74, 6) is 3.68. The molecule has 10 nitrogen and oxygen atoms in total. The molecule has 1 aliphatic heterocycles. The lowest BCUT2D eigenvalue weighted by Crippen LogP contribution is -2.23. The van der Waals surface area contributed by atoms with Gasteiger partial charge >= 0.3 is 0 Å². The summed E-state index contributed by atoms with van der Waals surface area (Å²) < 4.78 is 27.3. The lowest BCUT2D eigenvalue weighted by Gasteiger charge is -2.22. The number of nitrogens with zero attached hydrogens (tertiary/aromatic N) is 4. The van der Waals surface area contributed by atoms with Crippen LogP contribution < -0.4 is 19.5 Å². The molecule has 0 amide bonds. The molecule has 1 N–H and O–H groups in total. The summed E-state index contributed by atoms with van der Waals surface area (Å²) in [5.41, 5.74) is 1.85. The zero-order valence-corrected chi connectivity index (χ0v) is 20.0. The first-order chi connectivity index (χ1) is 16.7. The van der Waals surface area contributed by atoms with E-state index in [1.54, 1.807) is 34.6 Å². The molecular formula is C24H31N5O5. The van der Waals surface area contributed by atoms with Crippen molar-refractivity contribution < 1.29 is 23.5 Å². The summed E-state index contributed by atoms with van der Waals surface area (Å²) >= 11 is 0. The van der Waals surface area contributed by atoms with Gasteiger partial charge in [-0.25, -0.2) is 4.98 Å². The fourth-order valence-corrected chi connectivity index (χ4v) is 4.23. The van der Waals surface area contributed by atoms with E-state index in [2.05, 4.69) is 20.4 Å². The van der Waals surface area contributed by atoms with Gasteiger partial charge in [-0.15, -0.1) is 0 Å². The third kappa shape index (κ3) is 5.07. The molecule has 3 aromatic rings. The van der Waals surface area contributed by atoms with Crippen molar-refractivity contribution in [1.82, 2.24) is 20.0 Å². The van der Waals surface area contributed by atoms with Crippen molar-refractivity contribution in [3.05, 3.63) is 41.9 Å². The molecule has 182 valence electrons. The van der Waals surface area contributed by atoms with Gasteiger partial charge in [-0.1, -0.05) is 5.16 Å². The minimum atomic E-state index is 0.0295. The average Bonchev–Trinajstić information content (AvgIpc) is 3.53. The number of likely N-dealkylation sites (tertiary alicyclic amines) is 1. The number of nitrogens with one attached hydrogen (secondary N) is 1. The summed E-state index contributed by atoms with van der Waals surface area (Å²) in [5, 5.41) is 7.52. The Morgan fingerprint density at radius 2 is 1.91 bits per heavy atom. The number of ether oxygens (including phenoxy) is 4. The molecule has 2 aromatic heterocycles. The van der Waals surface area contributed by atoms with Crippen molar-refractivity contribution in [2.75, 3.05) is 53.5 Å². The van der Waals surface area contributed by atoms with E-state index in [0.717, 1.165) is 30.5 Å². The highest BCUT2D eigenvalue weighted by Crippen LogP contribution is 2.40. The standard InChI is InChI=1S/C24H31N5O5/c1-30-12-10-26-22-17(7-5-9-25-22)23-27-24(34-28-23)18-8-6-11-29(18)15-16-13-19(31-2)21(33-4)20(14-16)32-3/h5,7,9,13-14,18H,6,8,10-12,15H2,1-4H3,(H,25,26)/t18-/m0/s1. The second kappa shape index (κ2) is 11.2. The second-order valence-corrected chi connectivity index (χ2v) is 7.94. The van der Waals surface area contributed by atoms with Gasteiger partial charge in [0.2, 0.25) is 17.5 Å². The van der Waals surface area contributed by atoms with E-state index >= 15 is 0 Å². The second-order valence-electron chi connectivity index (χ2n) is 7.94. The van der Waals surface area contributed by atoms with E-state index in [0.29, 0.717) is 54.5 Å². The molecule has 0 bridgehead atoms. The van der Waals surface area contributed by atoms with Gasteiger partial charge in [0.05, 0.1) is 39.5 Å². The Hall–Kier alpha value is -3.37. The minimum absolute atomic E-state index is 0.0295. The van der Waals surface area contributed by atoms with Crippen LogP contribution in [0.3, 0.4) is 0 Å². The van der Waals surface area contributed by atoms with Gasteiger partial charge in [-0.05, 0) is 49.2 Å². The molecule has 34 heavy (non-hydrogen) atoms. The van der Waals surface area contributed by atoms with Gasteiger partial charge in [0, 0.05) is 26.4 Å². The number of methoxy groups -OCH3 is 4. The summed E-state index contributed by atoms with van der Waals surface area (Å²) in [7, 11) is 6.51. The Bertz CT molecular complexity index is 1060. The van der Waals surface area contributed by atoms with Crippen molar-refractivity contribution in [2.24, 2.45) is 0 Å². The fourth-order valence-electron chi connectivity index (χ4n) is 4.23. The molecule has 0 saturated carbocycles. The monoisotopic (exact) mass is 469 g/mol. The van der Waals surface area contributed by atoms with Crippen molar-refractivity contribution in [3.63, 3.8) is 0 Å². The first-order valence-electron chi connectivity index (χ1n) is 11.2. The minimum Gasteiger partial charge on any atom is -0.493 e. The van der Waals surface area contributed by atoms with Crippen molar-refractivity contribution in [1.29, 1.82) is 0 Å². The SMILES string of the molecule is COCCNc1ncccc1-c1noc([C@@H]2CCCN2Cc2cc(OC)c(OC)c(OC)c2)n1. The molecule has 0 spiro atoms. The zero-order valence-electron chi connectivity index (χ0n) is 20.0. The van der Waals surface area contributed by atoms with E-state index in [-0.39, 0.29) is 6.04 Å². The molecule has 1 atom stereocenters. The van der Waals surface area contributed by atoms with Crippen LogP contribution in [0.2, 0.25) is 0 Å². The van der Waals surface area contributed by atoms with Crippen LogP contribution in [0.1, 0.15) is 30.3 Å². The van der Waals surface area contributed by atoms with Crippen LogP contribution in [0.15, 0.2) is 35.0 Å². The largest absolute Gasteiger partial charge is 0.493 e. The summed E-state index contributed by atoms with van der Waals surface area (Å²) in [6, 6.07) is 7.77. The van der Waals surface area contributed by atoms with Crippen LogP contribution in [-0.4, -0.2) is 68.2 Å². The van der Waals surface area contributed by atoms with E-state index in [1.165, 1.54) is 0 Å². The third-order valence-electron chi connectivity index (χ3n) is 5.85. The number of rotatable bonds is 11. The van der Waals surface area contributed by atoms with Crippen LogP contribution in [0.5, 0.6) is 17.2 Å². The highest BCUT2D eigenvalue weighted by molar-refractivity contribution is 5.69. The topological polar surface area (TPSA) is 104 Å². The zero-order chi connectivity index (χ0) is 23.9. The maximum absolute atomic E-state index is 5.73. The molecule has 0 aliphatic carbocycles. The van der Waals surface area contributed by atoms with Crippen LogP contribution in [0.4, 0.5) is 5.82 Å². The molecule has 3 heterocycles. The Morgan fingerprint density at radius 3 is 2.62 bits per heavy atom. The molecular weight excluding hydrogens is 438 g/mol. The summed E-state index contributed by atoms with van der Waals surface area (Å²) in [6.45, 7) is 2.83. The van der Waals surface area contributed by atoms with E-state index < -0.39 is 0 Å². The Kier molecular flexibility index (Phi) is 7.81. The first-order valence-corrected chi connectivity index (χ1v) is 11.2. The molecule has 1 aromatic carbocycles. The summed E-state index contributed by atoms with van der Waals surface area (Å²) in [4.78, 5) is 11.5. The van der Waals surface area contributed by atoms with Crippen LogP contribution in [0.25, 0.3) is 11.4 Å². The molecule has 1 aliphatic rings. The fraction of sp³-hybridized carbons (Fsp3) is 0.458. The smallest absolute Gasteiger partial charge is 0.244 e. The predicted octanol–water partition coefficient (Wildman–Crippen LogP) is 3.55. The average molecular weight is 470 g/mol. The molecule has 0 unspecified atom stereocenters. The lowest BCUT2D eigenvalue weighted by atomic mass is 10.1. The van der Waals surface area contributed by atoms with E-state index in [9.17, 15) is 0 Å². The van der Waals surface area contributed by atoms with Crippen molar-refractivity contribution in [2.45, 2.75) is 25.4 Å². The Labute approximate surface area is 199 Å². The van der Waals surface area contributed by atoms with Gasteiger partial charge in [0.15, 0.2) is 11.5 Å². The van der Waals surface area contributed by atoms with Gasteiger partial charge in [0.1, 0.15) is 5.82 Å². The number of hydrogen-bond acceptors (Lipinski definition) is 10. The van der Waals surface area contributed by atoms with Gasteiger partial charge in [0.25, 0.3) is 0 Å². The van der Waals surface area contributed by atoms with Crippen molar-refractivity contribution >= 4 is 5.82 Å². The molecule has 10 heteroatoms. The lowest BCUT2D eigenvalue weighted by molar-refractivity contribution is 0.200. The van der Waals surface area contributed by atoms with Crippen LogP contribution in [-0.2, 0) is 11.3 Å². The Balaban J connectivity index is 1.54. The van der Waals surface area contributed by atoms with Gasteiger partial charge in [-0.3, -0.25) is 4.90 Å². The Morgan fingerprint density at radius 1 is 1.12 bits per heavy atom. The predicted molar refractivity (Wildman–Crippen MR) is 126 cm³/mol. The number of hydrogen-bond donors (Lipinski definition) is 1. The van der Waals surface area contributed by atoms with Gasteiger partial charge < -0.3 is 28.8 Å². The van der Waals surface area contributed by atoms with Gasteiger partial charge in [-0.2, -0.15) is 4.98 Å². The third-order valence-corrected chi connectivity index (χ3v) is 5.85. The highest BCUT2D eigenvalue weighted by atomic mass is 16.5. The highest BCUT2D eigenvalue weighted by Gasteiger charge is 2.31. The van der Waals surface area contributed by atoms with E-state index in [1.807, 2.05) is 24.3 Å². The number of benzene rings is 1. The van der Waals surface area contributed by atoms with E-state index in [4.69, 9.17) is 28.5 Å². The number of anilines is 1. The van der Waals surface area contributed by atoms with Crippen molar-refractivity contribution in [3.8, 4) is 28.6 Å². The molecule has 1 fully saturated rings. The number of pyridine rings is 1. The quantitative estimate of drug-likeness (QED) is 0.419. The normalized spacial score (nSPS) is 15.9. The maximum Gasteiger partial charge on any atom is 0.244 e. The number of aromatic nitrogens is 3. The molecule has 0 radical (unpaired) electrons.